The van der Waals surface area contributed by atoms with E-state index >= 15 is 0 Å². The maximum Gasteiger partial charge on any atom is 0.263 e. The van der Waals surface area contributed by atoms with Crippen LogP contribution in [0.25, 0.3) is 11.0 Å². The highest BCUT2D eigenvalue weighted by atomic mass is 32.2. The zero-order valence-corrected chi connectivity index (χ0v) is 16.8. The molecule has 0 aliphatic heterocycles. The molecule has 2 aromatic heterocycles. The Morgan fingerprint density at radius 1 is 0.900 bits per heavy atom. The molecule has 30 heavy (non-hydrogen) atoms. The molecule has 4 rings (SSSR count). The number of hydrogen-bond acceptors (Lipinski definition) is 7. The van der Waals surface area contributed by atoms with E-state index in [1.165, 1.54) is 19.2 Å². The molecule has 1 N–H and O–H groups in total. The largest absolute Gasteiger partial charge is 0.497 e. The lowest BCUT2D eigenvalue weighted by molar-refractivity contribution is 0.295. The monoisotopic (exact) mass is 422 g/mol. The number of para-hydroxylation sites is 2. The number of benzene rings is 2. The summed E-state index contributed by atoms with van der Waals surface area (Å²) in [6, 6.07) is 16.8. The van der Waals surface area contributed by atoms with Crippen LogP contribution in [0.5, 0.6) is 11.6 Å². The van der Waals surface area contributed by atoms with Gasteiger partial charge in [0.1, 0.15) is 12.4 Å². The first kappa shape index (κ1) is 19.6. The lowest BCUT2D eigenvalue weighted by Crippen LogP contribution is -2.15. The molecule has 0 radical (unpaired) electrons. The summed E-state index contributed by atoms with van der Waals surface area (Å²) in [5.41, 5.74) is 2.00. The Labute approximate surface area is 173 Å². The van der Waals surface area contributed by atoms with E-state index in [1.807, 2.05) is 6.07 Å². The summed E-state index contributed by atoms with van der Waals surface area (Å²) in [6.07, 6.45) is 3.30. The number of aromatic nitrogens is 3. The van der Waals surface area contributed by atoms with Crippen molar-refractivity contribution in [3.05, 3.63) is 78.6 Å². The van der Waals surface area contributed by atoms with Crippen LogP contribution in [0.4, 0.5) is 5.82 Å². The molecule has 152 valence electrons. The molecular formula is C21H18N4O4S. The number of pyridine rings is 1. The van der Waals surface area contributed by atoms with Gasteiger partial charge in [-0.3, -0.25) is 9.71 Å². The number of nitrogens with zero attached hydrogens (tertiary/aromatic N) is 3. The Balaban J connectivity index is 1.68. The molecule has 0 amide bonds. The quantitative estimate of drug-likeness (QED) is 0.487. The van der Waals surface area contributed by atoms with Gasteiger partial charge in [0.25, 0.3) is 15.9 Å². The molecule has 0 fully saturated rings. The summed E-state index contributed by atoms with van der Waals surface area (Å²) >= 11 is 0. The van der Waals surface area contributed by atoms with Crippen LogP contribution in [0.2, 0.25) is 0 Å². The third kappa shape index (κ3) is 4.31. The lowest BCUT2D eigenvalue weighted by Gasteiger charge is -2.13. The third-order valence-corrected chi connectivity index (χ3v) is 5.62. The Bertz CT molecular complexity index is 1260. The van der Waals surface area contributed by atoms with Gasteiger partial charge in [0.2, 0.25) is 5.82 Å². The van der Waals surface area contributed by atoms with Crippen LogP contribution in [-0.4, -0.2) is 30.5 Å². The van der Waals surface area contributed by atoms with Crippen LogP contribution in [0.3, 0.4) is 0 Å². The number of hydrogen-bond donors (Lipinski definition) is 1. The van der Waals surface area contributed by atoms with Gasteiger partial charge < -0.3 is 9.47 Å². The summed E-state index contributed by atoms with van der Waals surface area (Å²) in [4.78, 5) is 12.9. The summed E-state index contributed by atoms with van der Waals surface area (Å²) in [6.45, 7) is 0.187. The van der Waals surface area contributed by atoms with E-state index in [0.29, 0.717) is 16.8 Å². The van der Waals surface area contributed by atoms with Crippen LogP contribution in [0.1, 0.15) is 5.56 Å². The number of rotatable bonds is 7. The summed E-state index contributed by atoms with van der Waals surface area (Å²) < 4.78 is 39.1. The number of sulfonamides is 1. The summed E-state index contributed by atoms with van der Waals surface area (Å²) in [5, 5.41) is 0. The molecule has 0 aliphatic carbocycles. The third-order valence-electron chi connectivity index (χ3n) is 4.26. The van der Waals surface area contributed by atoms with Gasteiger partial charge in [-0.25, -0.2) is 18.4 Å². The van der Waals surface area contributed by atoms with Crippen molar-refractivity contribution < 1.29 is 17.9 Å². The van der Waals surface area contributed by atoms with E-state index in [9.17, 15) is 8.42 Å². The van der Waals surface area contributed by atoms with Gasteiger partial charge in [-0.15, -0.1) is 0 Å². The van der Waals surface area contributed by atoms with E-state index < -0.39 is 10.0 Å². The average Bonchev–Trinajstić information content (AvgIpc) is 2.78. The summed E-state index contributed by atoms with van der Waals surface area (Å²) in [7, 11) is -2.40. The Hall–Kier alpha value is -3.72. The average molecular weight is 422 g/mol. The van der Waals surface area contributed by atoms with E-state index in [2.05, 4.69) is 19.7 Å². The highest BCUT2D eigenvalue weighted by Gasteiger charge is 2.20. The highest BCUT2D eigenvalue weighted by Crippen LogP contribution is 2.27. The van der Waals surface area contributed by atoms with Gasteiger partial charge in [-0.05, 0) is 54.1 Å². The van der Waals surface area contributed by atoms with E-state index in [4.69, 9.17) is 9.47 Å². The fraction of sp³-hybridized carbons (Fsp3) is 0.0952. The van der Waals surface area contributed by atoms with Gasteiger partial charge in [0.15, 0.2) is 0 Å². The van der Waals surface area contributed by atoms with Crippen molar-refractivity contribution in [2.24, 2.45) is 0 Å². The van der Waals surface area contributed by atoms with E-state index in [-0.39, 0.29) is 23.2 Å². The molecule has 0 unspecified atom stereocenters. The first-order valence-electron chi connectivity index (χ1n) is 9.00. The van der Waals surface area contributed by atoms with Crippen molar-refractivity contribution in [3.8, 4) is 11.6 Å². The number of ether oxygens (including phenoxy) is 2. The second-order valence-electron chi connectivity index (χ2n) is 6.29. The van der Waals surface area contributed by atoms with Crippen LogP contribution in [0.15, 0.2) is 78.0 Å². The van der Waals surface area contributed by atoms with Crippen LogP contribution in [0, 0.1) is 0 Å². The lowest BCUT2D eigenvalue weighted by atomic mass is 10.3. The molecule has 2 heterocycles. The van der Waals surface area contributed by atoms with Crippen molar-refractivity contribution in [2.45, 2.75) is 11.5 Å². The molecule has 2 aromatic carbocycles. The minimum absolute atomic E-state index is 0.0126. The van der Waals surface area contributed by atoms with E-state index in [1.54, 1.807) is 54.9 Å². The van der Waals surface area contributed by atoms with Gasteiger partial charge in [0, 0.05) is 12.4 Å². The number of nitrogens with one attached hydrogen (secondary N) is 1. The maximum absolute atomic E-state index is 12.9. The minimum atomic E-state index is -3.91. The first-order chi connectivity index (χ1) is 14.5. The second kappa shape index (κ2) is 8.34. The normalized spacial score (nSPS) is 11.2. The topological polar surface area (TPSA) is 103 Å². The first-order valence-corrected chi connectivity index (χ1v) is 10.5. The summed E-state index contributed by atoms with van der Waals surface area (Å²) in [5.74, 6) is 0.655. The van der Waals surface area contributed by atoms with Gasteiger partial charge >= 0.3 is 0 Å². The zero-order valence-electron chi connectivity index (χ0n) is 16.0. The Morgan fingerprint density at radius 2 is 1.57 bits per heavy atom. The zero-order chi connectivity index (χ0) is 21.0. The van der Waals surface area contributed by atoms with Gasteiger partial charge in [-0.2, -0.15) is 0 Å². The predicted octanol–water partition coefficient (Wildman–Crippen LogP) is 3.41. The standard InChI is InChI=1S/C21H18N4O4S/c1-28-16-6-8-17(9-7-16)30(26,27)25-20-21(29-14-15-10-12-22-13-11-15)24-19-5-3-2-4-18(19)23-20/h2-13H,14H2,1H3,(H,23,25). The Morgan fingerprint density at radius 3 is 2.23 bits per heavy atom. The predicted molar refractivity (Wildman–Crippen MR) is 112 cm³/mol. The van der Waals surface area contributed by atoms with Crippen molar-refractivity contribution in [2.75, 3.05) is 11.8 Å². The molecule has 0 spiro atoms. The molecule has 0 atom stereocenters. The van der Waals surface area contributed by atoms with Crippen molar-refractivity contribution in [1.82, 2.24) is 15.0 Å². The Kier molecular flexibility index (Phi) is 5.44. The molecule has 0 bridgehead atoms. The molecule has 8 nitrogen and oxygen atoms in total. The van der Waals surface area contributed by atoms with Crippen molar-refractivity contribution >= 4 is 26.9 Å². The minimum Gasteiger partial charge on any atom is -0.497 e. The second-order valence-corrected chi connectivity index (χ2v) is 7.97. The van der Waals surface area contributed by atoms with Crippen molar-refractivity contribution in [1.29, 1.82) is 0 Å². The SMILES string of the molecule is COc1ccc(S(=O)(=O)Nc2nc3ccccc3nc2OCc2ccncc2)cc1. The molecule has 0 saturated heterocycles. The van der Waals surface area contributed by atoms with Gasteiger partial charge in [-0.1, -0.05) is 12.1 Å². The number of methoxy groups -OCH3 is 1. The number of anilines is 1. The van der Waals surface area contributed by atoms with Crippen LogP contribution >= 0.6 is 0 Å². The molecule has 0 saturated carbocycles. The fourth-order valence-corrected chi connectivity index (χ4v) is 3.72. The van der Waals surface area contributed by atoms with Crippen LogP contribution < -0.4 is 14.2 Å². The highest BCUT2D eigenvalue weighted by molar-refractivity contribution is 7.92. The maximum atomic E-state index is 12.9. The molecular weight excluding hydrogens is 404 g/mol. The molecule has 9 heteroatoms. The molecule has 0 aliphatic rings. The van der Waals surface area contributed by atoms with Crippen molar-refractivity contribution in [3.63, 3.8) is 0 Å². The fourth-order valence-electron chi connectivity index (χ4n) is 2.72. The van der Waals surface area contributed by atoms with E-state index in [0.717, 1.165) is 5.56 Å². The molecule has 4 aromatic rings. The van der Waals surface area contributed by atoms with Crippen LogP contribution in [-0.2, 0) is 16.6 Å². The smallest absolute Gasteiger partial charge is 0.263 e. The number of fused-ring (bicyclic) bond motifs is 1. The van der Waals surface area contributed by atoms with Gasteiger partial charge in [0.05, 0.1) is 23.0 Å².